The van der Waals surface area contributed by atoms with Crippen molar-refractivity contribution < 1.29 is 9.84 Å². The summed E-state index contributed by atoms with van der Waals surface area (Å²) < 4.78 is 6.61. The molecule has 2 nitrogen and oxygen atoms in total. The van der Waals surface area contributed by atoms with E-state index < -0.39 is 0 Å². The van der Waals surface area contributed by atoms with Crippen molar-refractivity contribution in [1.82, 2.24) is 0 Å². The fraction of sp³-hybridized carbons (Fsp3) is 0.900. The lowest BCUT2D eigenvalue weighted by molar-refractivity contribution is -0.0789. The molecule has 1 unspecified atom stereocenters. The zero-order chi connectivity index (χ0) is 15.3. The van der Waals surface area contributed by atoms with Gasteiger partial charge in [0.05, 0.1) is 6.10 Å². The van der Waals surface area contributed by atoms with Gasteiger partial charge in [-0.2, -0.15) is 0 Å². The van der Waals surface area contributed by atoms with E-state index in [-0.39, 0.29) is 22.7 Å². The SMILES string of the molecule is C=C1CCC23O[C@]2(C1)C[C@@H](C)[C@@H]1[C@@H]3CC[C@]2(C)[C@@H](O)CC[C@@H]12. The predicted molar refractivity (Wildman–Crippen MR) is 86.4 cm³/mol. The number of aliphatic hydroxyl groups is 1. The van der Waals surface area contributed by atoms with Crippen LogP contribution in [-0.2, 0) is 4.74 Å². The van der Waals surface area contributed by atoms with E-state index >= 15 is 0 Å². The Morgan fingerprint density at radius 2 is 2.00 bits per heavy atom. The molecule has 122 valence electrons. The maximum atomic E-state index is 10.6. The van der Waals surface area contributed by atoms with Crippen LogP contribution in [0.25, 0.3) is 0 Å². The molecule has 0 aromatic heterocycles. The molecule has 5 rings (SSSR count). The molecule has 0 radical (unpaired) electrons. The van der Waals surface area contributed by atoms with Crippen LogP contribution in [0.5, 0.6) is 0 Å². The molecule has 0 aromatic rings. The van der Waals surface area contributed by atoms with Gasteiger partial charge in [0.2, 0.25) is 0 Å². The maximum Gasteiger partial charge on any atom is 0.102 e. The second kappa shape index (κ2) is 4.00. The Morgan fingerprint density at radius 3 is 2.82 bits per heavy atom. The van der Waals surface area contributed by atoms with Crippen LogP contribution in [0.3, 0.4) is 0 Å². The fourth-order valence-electron chi connectivity index (χ4n) is 7.69. The van der Waals surface area contributed by atoms with Gasteiger partial charge in [-0.15, -0.1) is 0 Å². The van der Waals surface area contributed by atoms with Gasteiger partial charge in [-0.25, -0.2) is 0 Å². The maximum absolute atomic E-state index is 10.6. The highest BCUT2D eigenvalue weighted by molar-refractivity contribution is 5.31. The lowest BCUT2D eigenvalue weighted by atomic mass is 9.48. The summed E-state index contributed by atoms with van der Waals surface area (Å²) in [6.45, 7) is 9.10. The van der Waals surface area contributed by atoms with Crippen LogP contribution in [0.4, 0.5) is 0 Å². The molecule has 1 aliphatic heterocycles. The van der Waals surface area contributed by atoms with Crippen molar-refractivity contribution in [2.45, 2.75) is 82.5 Å². The van der Waals surface area contributed by atoms with Crippen LogP contribution in [0.2, 0.25) is 0 Å². The average molecular weight is 302 g/mol. The zero-order valence-corrected chi connectivity index (χ0v) is 14.1. The summed E-state index contributed by atoms with van der Waals surface area (Å²) in [7, 11) is 0. The first-order valence-corrected chi connectivity index (χ1v) is 9.47. The van der Waals surface area contributed by atoms with Crippen molar-refractivity contribution in [2.24, 2.45) is 29.1 Å². The third kappa shape index (κ3) is 1.41. The highest BCUT2D eigenvalue weighted by Crippen LogP contribution is 2.74. The molecule has 22 heavy (non-hydrogen) atoms. The highest BCUT2D eigenvalue weighted by atomic mass is 16.6. The molecule has 0 aromatic carbocycles. The van der Waals surface area contributed by atoms with Crippen molar-refractivity contribution in [3.63, 3.8) is 0 Å². The summed E-state index contributed by atoms with van der Waals surface area (Å²) in [4.78, 5) is 0. The lowest BCUT2D eigenvalue weighted by Gasteiger charge is -2.55. The van der Waals surface area contributed by atoms with Gasteiger partial charge >= 0.3 is 0 Å². The number of epoxide rings is 1. The number of aliphatic hydroxyl groups excluding tert-OH is 1. The second-order valence-electron chi connectivity index (χ2n) is 9.52. The van der Waals surface area contributed by atoms with Gasteiger partial charge in [-0.3, -0.25) is 0 Å². The summed E-state index contributed by atoms with van der Waals surface area (Å²) in [6, 6.07) is 0. The van der Waals surface area contributed by atoms with Crippen LogP contribution in [0.15, 0.2) is 12.2 Å². The van der Waals surface area contributed by atoms with Gasteiger partial charge < -0.3 is 9.84 Å². The van der Waals surface area contributed by atoms with Crippen molar-refractivity contribution in [1.29, 1.82) is 0 Å². The van der Waals surface area contributed by atoms with Crippen LogP contribution < -0.4 is 0 Å². The van der Waals surface area contributed by atoms with Gasteiger partial charge in [0, 0.05) is 0 Å². The second-order valence-corrected chi connectivity index (χ2v) is 9.52. The third-order valence-electron chi connectivity index (χ3n) is 8.68. The van der Waals surface area contributed by atoms with Gasteiger partial charge in [0.25, 0.3) is 0 Å². The van der Waals surface area contributed by atoms with Crippen LogP contribution >= 0.6 is 0 Å². The fourth-order valence-corrected chi connectivity index (χ4v) is 7.69. The number of hydrogen-bond donors (Lipinski definition) is 1. The smallest absolute Gasteiger partial charge is 0.102 e. The van der Waals surface area contributed by atoms with Gasteiger partial charge in [0.15, 0.2) is 0 Å². The Hall–Kier alpha value is -0.340. The molecule has 4 saturated carbocycles. The lowest BCUT2D eigenvalue weighted by Crippen LogP contribution is -2.55. The molecule has 0 amide bonds. The monoisotopic (exact) mass is 302 g/mol. The van der Waals surface area contributed by atoms with Gasteiger partial charge in [-0.05, 0) is 80.5 Å². The van der Waals surface area contributed by atoms with Crippen LogP contribution in [-0.4, -0.2) is 22.4 Å². The predicted octanol–water partition coefficient (Wildman–Crippen LogP) is 4.08. The molecule has 5 fully saturated rings. The molecule has 4 aliphatic carbocycles. The Bertz CT molecular complexity index is 542. The van der Waals surface area contributed by atoms with Gasteiger partial charge in [-0.1, -0.05) is 26.0 Å². The molecule has 0 bridgehead atoms. The Morgan fingerprint density at radius 1 is 1.18 bits per heavy atom. The number of fused-ring (bicyclic) bond motifs is 3. The van der Waals surface area contributed by atoms with Crippen molar-refractivity contribution >= 4 is 0 Å². The standard InChI is InChI=1S/C20H30O2/c1-12-6-9-20-15-7-8-18(3)14(4-5-16(18)21)17(15)13(2)11-19(20,10-12)22-20/h13-17,21H,1,4-11H2,2-3H3/t13-,14+,15+,16+,17+,18+,19-,20?/m1/s1. The number of ether oxygens (including phenoxy) is 1. The topological polar surface area (TPSA) is 32.8 Å². The molecule has 5 aliphatic rings. The first-order chi connectivity index (χ1) is 10.4. The minimum atomic E-state index is -0.0684. The number of rotatable bonds is 0. The first kappa shape index (κ1) is 14.0. The van der Waals surface area contributed by atoms with Gasteiger partial charge in [0.1, 0.15) is 11.2 Å². The zero-order valence-electron chi connectivity index (χ0n) is 14.1. The Labute approximate surface area is 134 Å². The number of hydrogen-bond acceptors (Lipinski definition) is 2. The van der Waals surface area contributed by atoms with E-state index in [0.717, 1.165) is 36.5 Å². The van der Waals surface area contributed by atoms with E-state index in [1.54, 1.807) is 0 Å². The molecule has 1 N–H and O–H groups in total. The summed E-state index contributed by atoms with van der Waals surface area (Å²) in [6.07, 6.45) is 9.39. The summed E-state index contributed by atoms with van der Waals surface area (Å²) in [5.74, 6) is 2.98. The summed E-state index contributed by atoms with van der Waals surface area (Å²) in [5.41, 5.74) is 1.95. The molecule has 1 saturated heterocycles. The normalized spacial score (nSPS) is 62.7. The quantitative estimate of drug-likeness (QED) is 0.540. The Balaban J connectivity index is 1.53. The first-order valence-electron chi connectivity index (χ1n) is 9.47. The van der Waals surface area contributed by atoms with E-state index in [4.69, 9.17) is 4.74 Å². The van der Waals surface area contributed by atoms with Crippen LogP contribution in [0, 0.1) is 29.1 Å². The van der Waals surface area contributed by atoms with Crippen LogP contribution in [0.1, 0.15) is 65.2 Å². The van der Waals surface area contributed by atoms with E-state index in [1.165, 1.54) is 44.1 Å². The average Bonchev–Trinajstić information content (AvgIpc) is 3.04. The molecular weight excluding hydrogens is 272 g/mol. The van der Waals surface area contributed by atoms with Crippen molar-refractivity contribution in [3.05, 3.63) is 12.2 Å². The van der Waals surface area contributed by atoms with Crippen molar-refractivity contribution in [3.8, 4) is 0 Å². The van der Waals surface area contributed by atoms with E-state index in [0.29, 0.717) is 0 Å². The van der Waals surface area contributed by atoms with Crippen molar-refractivity contribution in [2.75, 3.05) is 0 Å². The summed E-state index contributed by atoms with van der Waals surface area (Å²) in [5, 5.41) is 10.6. The minimum absolute atomic E-state index is 0.0684. The highest BCUT2D eigenvalue weighted by Gasteiger charge is 2.78. The molecule has 0 spiro atoms. The van der Waals surface area contributed by atoms with E-state index in [1.807, 2.05) is 0 Å². The molecular formula is C20H30O2. The minimum Gasteiger partial charge on any atom is -0.393 e. The summed E-state index contributed by atoms with van der Waals surface area (Å²) >= 11 is 0. The third-order valence-corrected chi connectivity index (χ3v) is 8.68. The molecule has 1 heterocycles. The van der Waals surface area contributed by atoms with E-state index in [2.05, 4.69) is 20.4 Å². The molecule has 8 atom stereocenters. The largest absolute Gasteiger partial charge is 0.393 e. The molecule has 2 heteroatoms. The van der Waals surface area contributed by atoms with E-state index in [9.17, 15) is 5.11 Å². The Kier molecular flexibility index (Phi) is 2.56.